The van der Waals surface area contributed by atoms with Gasteiger partial charge in [0.1, 0.15) is 5.75 Å². The molecular weight excluding hydrogens is 394 g/mol. The van der Waals surface area contributed by atoms with E-state index in [1.54, 1.807) is 11.8 Å². The largest absolute Gasteiger partial charge is 0.484 e. The Bertz CT molecular complexity index is 1000. The summed E-state index contributed by atoms with van der Waals surface area (Å²) in [4.78, 5) is 17.0. The van der Waals surface area contributed by atoms with Crippen LogP contribution >= 0.6 is 23.4 Å². The van der Waals surface area contributed by atoms with Gasteiger partial charge in [-0.15, -0.1) is 0 Å². The average Bonchev–Trinajstić information content (AvgIpc) is 3.27. The first-order valence-corrected chi connectivity index (χ1v) is 10.4. The number of nitrogens with one attached hydrogen (secondary N) is 1. The number of thioether (sulfide) groups is 1. The van der Waals surface area contributed by atoms with Crippen molar-refractivity contribution < 1.29 is 9.53 Å². The molecule has 1 aromatic heterocycles. The number of rotatable bonds is 5. The predicted octanol–water partition coefficient (Wildman–Crippen LogP) is 4.94. The Morgan fingerprint density at radius 2 is 2.07 bits per heavy atom. The number of nitrogens with zero attached hydrogens (tertiary/aromatic N) is 2. The lowest BCUT2D eigenvalue weighted by Crippen LogP contribution is -2.20. The second-order valence-electron chi connectivity index (χ2n) is 6.74. The van der Waals surface area contributed by atoms with E-state index in [1.165, 1.54) is 0 Å². The van der Waals surface area contributed by atoms with Crippen LogP contribution < -0.4 is 10.1 Å². The van der Waals surface area contributed by atoms with Gasteiger partial charge in [0.25, 0.3) is 5.91 Å². The van der Waals surface area contributed by atoms with Crippen molar-refractivity contribution in [3.8, 4) is 17.0 Å². The van der Waals surface area contributed by atoms with Crippen LogP contribution in [0.3, 0.4) is 0 Å². The van der Waals surface area contributed by atoms with Crippen LogP contribution in [0, 0.1) is 13.8 Å². The molecule has 1 N–H and O–H groups in total. The first-order chi connectivity index (χ1) is 13.5. The molecule has 0 aliphatic carbocycles. The molecule has 7 heteroatoms. The Kier molecular flexibility index (Phi) is 5.33. The molecular formula is C21H20ClN3O2S. The van der Waals surface area contributed by atoms with E-state index in [2.05, 4.69) is 21.1 Å². The number of aryl methyl sites for hydroxylation is 3. The van der Waals surface area contributed by atoms with Gasteiger partial charge < -0.3 is 14.6 Å². The molecule has 0 bridgehead atoms. The monoisotopic (exact) mass is 413 g/mol. The molecule has 5 nitrogen and oxygen atoms in total. The van der Waals surface area contributed by atoms with Gasteiger partial charge in [-0.25, -0.2) is 4.98 Å². The van der Waals surface area contributed by atoms with Crippen LogP contribution in [-0.4, -0.2) is 27.8 Å². The molecule has 0 atom stereocenters. The number of fused-ring (bicyclic) bond motifs is 1. The number of hydrogen-bond donors (Lipinski definition) is 1. The number of carbonyl (C=O) groups is 1. The molecule has 0 saturated carbocycles. The van der Waals surface area contributed by atoms with E-state index in [0.29, 0.717) is 5.75 Å². The molecule has 0 saturated heterocycles. The number of hydrogen-bond acceptors (Lipinski definition) is 4. The van der Waals surface area contributed by atoms with Crippen LogP contribution in [0.25, 0.3) is 11.3 Å². The molecule has 1 amide bonds. The zero-order valence-electron chi connectivity index (χ0n) is 15.7. The summed E-state index contributed by atoms with van der Waals surface area (Å²) >= 11 is 7.93. The summed E-state index contributed by atoms with van der Waals surface area (Å²) in [6.07, 6.45) is 2.06. The third kappa shape index (κ3) is 4.03. The van der Waals surface area contributed by atoms with Crippen molar-refractivity contribution >= 4 is 35.0 Å². The maximum absolute atomic E-state index is 12.3. The van der Waals surface area contributed by atoms with Crippen molar-refractivity contribution in [1.82, 2.24) is 9.55 Å². The van der Waals surface area contributed by atoms with E-state index in [9.17, 15) is 4.79 Å². The highest BCUT2D eigenvalue weighted by atomic mass is 35.5. The van der Waals surface area contributed by atoms with Crippen LogP contribution in [0.15, 0.2) is 47.8 Å². The second-order valence-corrected chi connectivity index (χ2v) is 8.18. The Balaban J connectivity index is 1.40. The lowest BCUT2D eigenvalue weighted by molar-refractivity contribution is -0.118. The zero-order chi connectivity index (χ0) is 19.7. The lowest BCUT2D eigenvalue weighted by atomic mass is 10.1. The summed E-state index contributed by atoms with van der Waals surface area (Å²) in [5.74, 6) is 1.49. The van der Waals surface area contributed by atoms with Crippen molar-refractivity contribution in [2.45, 2.75) is 25.5 Å². The molecule has 4 rings (SSSR count). The number of imidazole rings is 1. The fraction of sp³-hybridized carbons (Fsp3) is 0.238. The Morgan fingerprint density at radius 3 is 2.82 bits per heavy atom. The third-order valence-corrected chi connectivity index (χ3v) is 6.09. The van der Waals surface area contributed by atoms with E-state index in [4.69, 9.17) is 16.3 Å². The van der Waals surface area contributed by atoms with Crippen LogP contribution in [0.1, 0.15) is 11.1 Å². The molecule has 144 valence electrons. The van der Waals surface area contributed by atoms with Gasteiger partial charge in [-0.3, -0.25) is 4.79 Å². The highest BCUT2D eigenvalue weighted by Gasteiger charge is 2.15. The van der Waals surface area contributed by atoms with E-state index < -0.39 is 0 Å². The average molecular weight is 414 g/mol. The normalized spacial score (nSPS) is 12.7. The van der Waals surface area contributed by atoms with Gasteiger partial charge in [0, 0.05) is 34.8 Å². The summed E-state index contributed by atoms with van der Waals surface area (Å²) < 4.78 is 7.79. The Labute approximate surface area is 173 Å². The van der Waals surface area contributed by atoms with Crippen molar-refractivity contribution in [2.24, 2.45) is 0 Å². The number of anilines is 1. The number of halogens is 1. The van der Waals surface area contributed by atoms with E-state index >= 15 is 0 Å². The van der Waals surface area contributed by atoms with Gasteiger partial charge in [-0.05, 0) is 49.2 Å². The molecule has 0 spiro atoms. The first-order valence-electron chi connectivity index (χ1n) is 8.99. The quantitative estimate of drug-likeness (QED) is 0.643. The topological polar surface area (TPSA) is 56.1 Å². The van der Waals surface area contributed by atoms with Crippen LogP contribution in [0.2, 0.25) is 5.02 Å². The summed E-state index contributed by atoms with van der Waals surface area (Å²) in [5.41, 5.74) is 4.46. The number of ether oxygens (including phenoxy) is 1. The van der Waals surface area contributed by atoms with Gasteiger partial charge >= 0.3 is 0 Å². The third-order valence-electron chi connectivity index (χ3n) is 4.53. The number of aromatic nitrogens is 2. The molecule has 2 aromatic carbocycles. The minimum absolute atomic E-state index is 0.0693. The number of benzene rings is 2. The van der Waals surface area contributed by atoms with Crippen LogP contribution in [0.4, 0.5) is 5.69 Å². The van der Waals surface area contributed by atoms with E-state index in [0.717, 1.165) is 50.5 Å². The molecule has 1 aliphatic heterocycles. The van der Waals surface area contributed by atoms with Gasteiger partial charge in [0.05, 0.1) is 5.69 Å². The van der Waals surface area contributed by atoms with Gasteiger partial charge in [0.2, 0.25) is 0 Å². The maximum Gasteiger partial charge on any atom is 0.262 e. The molecule has 1 aliphatic rings. The minimum Gasteiger partial charge on any atom is -0.484 e. The van der Waals surface area contributed by atoms with Crippen LogP contribution in [-0.2, 0) is 11.3 Å². The summed E-state index contributed by atoms with van der Waals surface area (Å²) in [6, 6.07) is 11.4. The fourth-order valence-electron chi connectivity index (χ4n) is 3.14. The molecule has 2 heterocycles. The SMILES string of the molecule is Cc1cc(OCC(=O)Nc2cccc(-c3cn4c(n3)SCC4)c2)cc(C)c1Cl. The standard InChI is InChI=1S/C21H20ClN3O2S/c1-13-8-17(9-14(2)20(13)22)27-12-19(26)23-16-5-3-4-15(10-16)18-11-25-6-7-28-21(25)24-18/h3-5,8-11H,6-7,12H2,1-2H3,(H,23,26). The first kappa shape index (κ1) is 18.9. The highest BCUT2D eigenvalue weighted by Crippen LogP contribution is 2.30. The highest BCUT2D eigenvalue weighted by molar-refractivity contribution is 7.99. The van der Waals surface area contributed by atoms with E-state index in [1.807, 2.05) is 50.2 Å². The van der Waals surface area contributed by atoms with Crippen LogP contribution in [0.5, 0.6) is 5.75 Å². The lowest BCUT2D eigenvalue weighted by Gasteiger charge is -2.11. The van der Waals surface area contributed by atoms with Gasteiger partial charge in [0.15, 0.2) is 11.8 Å². The fourth-order valence-corrected chi connectivity index (χ4v) is 4.19. The molecule has 0 fully saturated rings. The number of carbonyl (C=O) groups excluding carboxylic acids is 1. The molecule has 0 radical (unpaired) electrons. The smallest absolute Gasteiger partial charge is 0.262 e. The van der Waals surface area contributed by atoms with Gasteiger partial charge in [-0.1, -0.05) is 35.5 Å². The Morgan fingerprint density at radius 1 is 1.29 bits per heavy atom. The van der Waals surface area contributed by atoms with Crippen molar-refractivity contribution in [2.75, 3.05) is 17.7 Å². The maximum atomic E-state index is 12.3. The molecule has 0 unspecified atom stereocenters. The summed E-state index contributed by atoms with van der Waals surface area (Å²) in [5, 5.41) is 4.65. The summed E-state index contributed by atoms with van der Waals surface area (Å²) in [7, 11) is 0. The Hall–Kier alpha value is -2.44. The zero-order valence-corrected chi connectivity index (χ0v) is 17.2. The van der Waals surface area contributed by atoms with Crippen molar-refractivity contribution in [1.29, 1.82) is 0 Å². The second kappa shape index (κ2) is 7.89. The molecule has 28 heavy (non-hydrogen) atoms. The van der Waals surface area contributed by atoms with E-state index in [-0.39, 0.29) is 12.5 Å². The van der Waals surface area contributed by atoms with Gasteiger partial charge in [-0.2, -0.15) is 0 Å². The molecule has 3 aromatic rings. The van der Waals surface area contributed by atoms with Crippen molar-refractivity contribution in [3.05, 3.63) is 58.7 Å². The van der Waals surface area contributed by atoms with Crippen molar-refractivity contribution in [3.63, 3.8) is 0 Å². The summed E-state index contributed by atoms with van der Waals surface area (Å²) in [6.45, 7) is 4.75. The number of amides is 1. The minimum atomic E-state index is -0.217. The predicted molar refractivity (Wildman–Crippen MR) is 113 cm³/mol.